The predicted molar refractivity (Wildman–Crippen MR) is 124 cm³/mol. The molecule has 178 valence electrons. The average Bonchev–Trinajstić information content (AvgIpc) is 2.84. The Labute approximate surface area is 194 Å². The summed E-state index contributed by atoms with van der Waals surface area (Å²) in [5, 5.41) is 2.96. The molecule has 1 aliphatic heterocycles. The molecule has 0 spiro atoms. The molecule has 0 bridgehead atoms. The normalized spacial score (nSPS) is 17.4. The van der Waals surface area contributed by atoms with Crippen molar-refractivity contribution in [2.24, 2.45) is 0 Å². The Morgan fingerprint density at radius 3 is 2.27 bits per heavy atom. The van der Waals surface area contributed by atoms with Crippen LogP contribution in [-0.4, -0.2) is 64.8 Å². The van der Waals surface area contributed by atoms with E-state index in [0.717, 1.165) is 12.0 Å². The van der Waals surface area contributed by atoms with Crippen LogP contribution in [0, 0.1) is 0 Å². The lowest BCUT2D eigenvalue weighted by Gasteiger charge is -2.42. The predicted octanol–water partition coefficient (Wildman–Crippen LogP) is 3.17. The van der Waals surface area contributed by atoms with Crippen molar-refractivity contribution in [1.29, 1.82) is 0 Å². The average molecular weight is 457 g/mol. The Hall–Kier alpha value is -3.26. The molecule has 1 N–H and O–H groups in total. The summed E-state index contributed by atoms with van der Waals surface area (Å²) in [4.78, 5) is 28.8. The molecule has 2 aromatic rings. The minimum absolute atomic E-state index is 0.104. The van der Waals surface area contributed by atoms with Crippen molar-refractivity contribution in [3.63, 3.8) is 0 Å². The second-order valence-electron chi connectivity index (χ2n) is 7.75. The number of carbonyl (C=O) groups excluding carboxylic acids is 2. The van der Waals surface area contributed by atoms with E-state index in [1.54, 1.807) is 32.3 Å². The number of ether oxygens (including phenoxy) is 4. The Kier molecular flexibility index (Phi) is 8.16. The van der Waals surface area contributed by atoms with Gasteiger partial charge in [-0.25, -0.2) is 0 Å². The Balaban J connectivity index is 2.21. The number of rotatable bonds is 10. The van der Waals surface area contributed by atoms with E-state index in [-0.39, 0.29) is 11.8 Å². The Bertz CT molecular complexity index is 968. The van der Waals surface area contributed by atoms with Crippen molar-refractivity contribution >= 4 is 11.8 Å². The largest absolute Gasteiger partial charge is 0.493 e. The van der Waals surface area contributed by atoms with Gasteiger partial charge in [0.2, 0.25) is 11.7 Å². The molecule has 0 aliphatic carbocycles. The first-order valence-electron chi connectivity index (χ1n) is 11.0. The molecule has 0 aromatic heterocycles. The fraction of sp³-hybridized carbons (Fsp3) is 0.440. The highest BCUT2D eigenvalue weighted by Gasteiger charge is 2.44. The van der Waals surface area contributed by atoms with Crippen LogP contribution in [0.25, 0.3) is 0 Å². The lowest BCUT2D eigenvalue weighted by atomic mass is 9.79. The number of nitrogens with one attached hydrogen (secondary N) is 1. The van der Waals surface area contributed by atoms with E-state index in [0.29, 0.717) is 48.1 Å². The van der Waals surface area contributed by atoms with Crippen LogP contribution < -0.4 is 19.5 Å². The van der Waals surface area contributed by atoms with Crippen LogP contribution in [0.1, 0.15) is 46.8 Å². The van der Waals surface area contributed by atoms with Gasteiger partial charge in [-0.3, -0.25) is 9.59 Å². The van der Waals surface area contributed by atoms with E-state index in [1.807, 2.05) is 37.3 Å². The standard InChI is InChI=1S/C25H32N2O6/c1-6-12-27-22(16-14-19(31-3)23(33-5)20(15-16)32-4)21(24(28)26-11-13-30-2)17-9-7-8-10-18(17)25(27)29/h7-10,14-15,21-22H,6,11-13H2,1-5H3,(H,26,28)/t21-,22+/m1/s1. The maximum atomic E-state index is 13.5. The summed E-state index contributed by atoms with van der Waals surface area (Å²) >= 11 is 0. The number of amides is 2. The van der Waals surface area contributed by atoms with E-state index in [1.165, 1.54) is 7.11 Å². The third kappa shape index (κ3) is 4.75. The van der Waals surface area contributed by atoms with Gasteiger partial charge in [0, 0.05) is 25.8 Å². The lowest BCUT2D eigenvalue weighted by Crippen LogP contribution is -2.48. The SMILES string of the molecule is CCCN1C(=O)c2ccccc2[C@@H](C(=O)NCCOC)[C@@H]1c1cc(OC)c(OC)c(OC)c1. The highest BCUT2D eigenvalue weighted by atomic mass is 16.5. The van der Waals surface area contributed by atoms with Crippen molar-refractivity contribution in [1.82, 2.24) is 10.2 Å². The quantitative estimate of drug-likeness (QED) is 0.553. The zero-order chi connectivity index (χ0) is 24.0. The van der Waals surface area contributed by atoms with E-state index in [4.69, 9.17) is 18.9 Å². The lowest BCUT2D eigenvalue weighted by molar-refractivity contribution is -0.124. The summed E-state index contributed by atoms with van der Waals surface area (Å²) in [6.45, 7) is 3.27. The van der Waals surface area contributed by atoms with Gasteiger partial charge in [-0.15, -0.1) is 0 Å². The first-order valence-corrected chi connectivity index (χ1v) is 11.0. The zero-order valence-electron chi connectivity index (χ0n) is 19.8. The maximum Gasteiger partial charge on any atom is 0.254 e. The van der Waals surface area contributed by atoms with Crippen molar-refractivity contribution in [2.45, 2.75) is 25.3 Å². The third-order valence-electron chi connectivity index (χ3n) is 5.82. The van der Waals surface area contributed by atoms with Gasteiger partial charge >= 0.3 is 0 Å². The molecule has 0 radical (unpaired) electrons. The number of carbonyl (C=O) groups is 2. The first kappa shape index (κ1) is 24.4. The molecule has 2 amide bonds. The molecule has 8 heteroatoms. The molecular weight excluding hydrogens is 424 g/mol. The molecule has 0 saturated heterocycles. The topological polar surface area (TPSA) is 86.3 Å². The minimum Gasteiger partial charge on any atom is -0.493 e. The summed E-state index contributed by atoms with van der Waals surface area (Å²) in [6, 6.07) is 10.4. The molecule has 33 heavy (non-hydrogen) atoms. The number of fused-ring (bicyclic) bond motifs is 1. The van der Waals surface area contributed by atoms with E-state index in [9.17, 15) is 9.59 Å². The summed E-state index contributed by atoms with van der Waals surface area (Å²) in [6.07, 6.45) is 0.743. The molecule has 0 unspecified atom stereocenters. The van der Waals surface area contributed by atoms with E-state index < -0.39 is 12.0 Å². The number of benzene rings is 2. The first-order chi connectivity index (χ1) is 16.0. The molecule has 0 fully saturated rings. The highest BCUT2D eigenvalue weighted by molar-refractivity contribution is 6.01. The van der Waals surface area contributed by atoms with Gasteiger partial charge in [-0.1, -0.05) is 25.1 Å². The Morgan fingerprint density at radius 2 is 1.70 bits per heavy atom. The highest BCUT2D eigenvalue weighted by Crippen LogP contribution is 2.47. The van der Waals surface area contributed by atoms with Crippen LogP contribution in [0.5, 0.6) is 17.2 Å². The number of nitrogens with zero attached hydrogens (tertiary/aromatic N) is 1. The van der Waals surface area contributed by atoms with Gasteiger partial charge in [-0.2, -0.15) is 0 Å². The van der Waals surface area contributed by atoms with Crippen molar-refractivity contribution in [3.05, 3.63) is 53.1 Å². The Morgan fingerprint density at radius 1 is 1.03 bits per heavy atom. The molecule has 3 rings (SSSR count). The summed E-state index contributed by atoms with van der Waals surface area (Å²) in [5.41, 5.74) is 1.97. The van der Waals surface area contributed by atoms with Crippen LogP contribution >= 0.6 is 0 Å². The van der Waals surface area contributed by atoms with Gasteiger partial charge in [0.15, 0.2) is 11.5 Å². The van der Waals surface area contributed by atoms with Crippen LogP contribution in [0.2, 0.25) is 0 Å². The molecule has 1 heterocycles. The smallest absolute Gasteiger partial charge is 0.254 e. The second kappa shape index (κ2) is 11.0. The summed E-state index contributed by atoms with van der Waals surface area (Å²) in [5.74, 6) is 0.486. The molecule has 8 nitrogen and oxygen atoms in total. The second-order valence-corrected chi connectivity index (χ2v) is 7.75. The van der Waals surface area contributed by atoms with Gasteiger partial charge in [0.1, 0.15) is 0 Å². The number of methoxy groups -OCH3 is 4. The minimum atomic E-state index is -0.620. The monoisotopic (exact) mass is 456 g/mol. The van der Waals surface area contributed by atoms with Gasteiger partial charge in [-0.05, 0) is 35.7 Å². The van der Waals surface area contributed by atoms with Gasteiger partial charge in [0.05, 0.1) is 39.9 Å². The van der Waals surface area contributed by atoms with Gasteiger partial charge < -0.3 is 29.2 Å². The fourth-order valence-electron chi connectivity index (χ4n) is 4.39. The number of hydrogen-bond acceptors (Lipinski definition) is 6. The van der Waals surface area contributed by atoms with Crippen molar-refractivity contribution in [3.8, 4) is 17.2 Å². The molecular formula is C25H32N2O6. The summed E-state index contributed by atoms with van der Waals surface area (Å²) in [7, 11) is 6.21. The van der Waals surface area contributed by atoms with Crippen molar-refractivity contribution in [2.75, 3.05) is 48.1 Å². The van der Waals surface area contributed by atoms with E-state index >= 15 is 0 Å². The van der Waals surface area contributed by atoms with Crippen LogP contribution in [0.4, 0.5) is 0 Å². The molecule has 2 aromatic carbocycles. The summed E-state index contributed by atoms with van der Waals surface area (Å²) < 4.78 is 21.7. The fourth-order valence-corrected chi connectivity index (χ4v) is 4.39. The third-order valence-corrected chi connectivity index (χ3v) is 5.82. The van der Waals surface area contributed by atoms with Crippen LogP contribution in [-0.2, 0) is 9.53 Å². The van der Waals surface area contributed by atoms with Crippen LogP contribution in [0.3, 0.4) is 0 Å². The molecule has 1 aliphatic rings. The molecule has 0 saturated carbocycles. The van der Waals surface area contributed by atoms with E-state index in [2.05, 4.69) is 5.32 Å². The van der Waals surface area contributed by atoms with Crippen molar-refractivity contribution < 1.29 is 28.5 Å². The van der Waals surface area contributed by atoms with Gasteiger partial charge in [0.25, 0.3) is 5.91 Å². The zero-order valence-corrected chi connectivity index (χ0v) is 19.8. The number of hydrogen-bond donors (Lipinski definition) is 1. The van der Waals surface area contributed by atoms with Crippen LogP contribution in [0.15, 0.2) is 36.4 Å². The maximum absolute atomic E-state index is 13.5. The molecule has 2 atom stereocenters.